The number of piperidine rings is 1. The van der Waals surface area contributed by atoms with Gasteiger partial charge >= 0.3 is 0 Å². The lowest BCUT2D eigenvalue weighted by Gasteiger charge is -2.33. The molecule has 1 amide bonds. The number of nitrogens with zero attached hydrogens (tertiary/aromatic N) is 2. The fraction of sp³-hybridized carbons (Fsp3) is 0.929. The van der Waals surface area contributed by atoms with E-state index in [2.05, 4.69) is 17.1 Å². The molecule has 2 heterocycles. The summed E-state index contributed by atoms with van der Waals surface area (Å²) >= 11 is 0. The van der Waals surface area contributed by atoms with Crippen LogP contribution in [-0.4, -0.2) is 68.0 Å². The van der Waals surface area contributed by atoms with Gasteiger partial charge in [0.1, 0.15) is 6.04 Å². The first-order valence-corrected chi connectivity index (χ1v) is 9.76. The van der Waals surface area contributed by atoms with Crippen LogP contribution in [0.2, 0.25) is 0 Å². The Balaban J connectivity index is 1.85. The Morgan fingerprint density at radius 2 is 1.86 bits per heavy atom. The topological polar surface area (TPSA) is 69.7 Å². The van der Waals surface area contributed by atoms with Gasteiger partial charge in [0.15, 0.2) is 0 Å². The smallest absolute Gasteiger partial charge is 0.238 e. The van der Waals surface area contributed by atoms with Gasteiger partial charge in [-0.25, -0.2) is 8.42 Å². The number of carbonyl (C=O) groups is 1. The van der Waals surface area contributed by atoms with Gasteiger partial charge in [-0.15, -0.1) is 0 Å². The number of rotatable bonds is 5. The Hall–Kier alpha value is -0.660. The van der Waals surface area contributed by atoms with Crippen LogP contribution in [-0.2, 0) is 14.8 Å². The Morgan fingerprint density at radius 3 is 2.43 bits per heavy atom. The first kappa shape index (κ1) is 16.7. The van der Waals surface area contributed by atoms with Gasteiger partial charge in [0.25, 0.3) is 0 Å². The largest absolute Gasteiger partial charge is 0.352 e. The fourth-order valence-corrected chi connectivity index (χ4v) is 4.44. The minimum atomic E-state index is -3.29. The summed E-state index contributed by atoms with van der Waals surface area (Å²) in [5, 5.41) is 3.05. The van der Waals surface area contributed by atoms with E-state index in [-0.39, 0.29) is 11.9 Å². The van der Waals surface area contributed by atoms with Crippen LogP contribution in [0.5, 0.6) is 0 Å². The average Bonchev–Trinajstić information content (AvgIpc) is 2.90. The molecule has 2 aliphatic rings. The molecule has 1 atom stereocenters. The Morgan fingerprint density at radius 1 is 1.19 bits per heavy atom. The molecule has 2 aliphatic heterocycles. The highest BCUT2D eigenvalue weighted by Crippen LogP contribution is 2.21. The second-order valence-corrected chi connectivity index (χ2v) is 8.09. The van der Waals surface area contributed by atoms with Gasteiger partial charge < -0.3 is 10.2 Å². The molecule has 1 N–H and O–H groups in total. The normalized spacial score (nSPS) is 26.1. The number of hydrogen-bond donors (Lipinski definition) is 1. The maximum atomic E-state index is 12.3. The zero-order chi connectivity index (χ0) is 15.5. The molecule has 0 aromatic heterocycles. The average molecular weight is 317 g/mol. The second kappa shape index (κ2) is 7.07. The van der Waals surface area contributed by atoms with Gasteiger partial charge in [-0.1, -0.05) is 6.92 Å². The van der Waals surface area contributed by atoms with Crippen molar-refractivity contribution in [2.24, 2.45) is 0 Å². The summed E-state index contributed by atoms with van der Waals surface area (Å²) < 4.78 is 24.7. The van der Waals surface area contributed by atoms with Crippen molar-refractivity contribution in [1.29, 1.82) is 0 Å². The van der Waals surface area contributed by atoms with E-state index < -0.39 is 16.1 Å². The van der Waals surface area contributed by atoms with Crippen LogP contribution in [0, 0.1) is 0 Å². The van der Waals surface area contributed by atoms with Gasteiger partial charge in [0.2, 0.25) is 15.9 Å². The molecule has 0 bridgehead atoms. The molecule has 2 saturated heterocycles. The van der Waals surface area contributed by atoms with Crippen LogP contribution in [0.1, 0.15) is 39.0 Å². The highest BCUT2D eigenvalue weighted by atomic mass is 32.2. The number of hydrogen-bond acceptors (Lipinski definition) is 4. The van der Waals surface area contributed by atoms with Crippen molar-refractivity contribution in [3.63, 3.8) is 0 Å². The summed E-state index contributed by atoms with van der Waals surface area (Å²) in [6.07, 6.45) is 5.65. The van der Waals surface area contributed by atoms with Crippen LogP contribution >= 0.6 is 0 Å². The highest BCUT2D eigenvalue weighted by Gasteiger charge is 2.37. The molecule has 2 fully saturated rings. The van der Waals surface area contributed by atoms with Crippen molar-refractivity contribution >= 4 is 15.9 Å². The number of amides is 1. The number of carbonyl (C=O) groups excluding carboxylic acids is 1. The SMILES string of the molecule is CCCN1CCC(NC(=O)C2CCCN2S(C)(=O)=O)CC1. The molecule has 6 nitrogen and oxygen atoms in total. The van der Waals surface area contributed by atoms with E-state index in [4.69, 9.17) is 0 Å². The molecule has 7 heteroatoms. The number of likely N-dealkylation sites (tertiary alicyclic amines) is 1. The van der Waals surface area contributed by atoms with Gasteiger partial charge in [0.05, 0.1) is 6.26 Å². The molecule has 0 aromatic carbocycles. The van der Waals surface area contributed by atoms with E-state index in [9.17, 15) is 13.2 Å². The van der Waals surface area contributed by atoms with E-state index in [1.807, 2.05) is 0 Å². The molecule has 0 radical (unpaired) electrons. The molecular weight excluding hydrogens is 290 g/mol. The molecule has 2 rings (SSSR count). The zero-order valence-corrected chi connectivity index (χ0v) is 13.9. The van der Waals surface area contributed by atoms with Crippen LogP contribution < -0.4 is 5.32 Å². The van der Waals surface area contributed by atoms with Crippen molar-refractivity contribution in [3.8, 4) is 0 Å². The lowest BCUT2D eigenvalue weighted by atomic mass is 10.0. The summed E-state index contributed by atoms with van der Waals surface area (Å²) in [6, 6.07) is -0.318. The highest BCUT2D eigenvalue weighted by molar-refractivity contribution is 7.88. The van der Waals surface area contributed by atoms with E-state index in [1.54, 1.807) is 0 Å². The van der Waals surface area contributed by atoms with Gasteiger partial charge in [-0.2, -0.15) is 4.31 Å². The molecular formula is C14H27N3O3S. The van der Waals surface area contributed by atoms with Crippen molar-refractivity contribution in [1.82, 2.24) is 14.5 Å². The number of nitrogens with one attached hydrogen (secondary N) is 1. The van der Waals surface area contributed by atoms with E-state index in [1.165, 1.54) is 10.6 Å². The van der Waals surface area contributed by atoms with Gasteiger partial charge in [-0.05, 0) is 38.6 Å². The zero-order valence-electron chi connectivity index (χ0n) is 13.0. The maximum absolute atomic E-state index is 12.3. The fourth-order valence-electron chi connectivity index (χ4n) is 3.31. The van der Waals surface area contributed by atoms with Crippen LogP contribution in [0.15, 0.2) is 0 Å². The van der Waals surface area contributed by atoms with Crippen LogP contribution in [0.25, 0.3) is 0 Å². The first-order chi connectivity index (χ1) is 9.91. The lowest BCUT2D eigenvalue weighted by molar-refractivity contribution is -0.125. The van der Waals surface area contributed by atoms with Crippen LogP contribution in [0.3, 0.4) is 0 Å². The van der Waals surface area contributed by atoms with Crippen LogP contribution in [0.4, 0.5) is 0 Å². The predicted octanol–water partition coefficient (Wildman–Crippen LogP) is 0.401. The lowest BCUT2D eigenvalue weighted by Crippen LogP contribution is -2.51. The van der Waals surface area contributed by atoms with Crippen molar-refractivity contribution < 1.29 is 13.2 Å². The molecule has 0 aliphatic carbocycles. The van der Waals surface area contributed by atoms with E-state index in [0.717, 1.165) is 45.3 Å². The molecule has 122 valence electrons. The third-order valence-corrected chi connectivity index (χ3v) is 5.70. The Labute approximate surface area is 127 Å². The first-order valence-electron chi connectivity index (χ1n) is 7.91. The minimum Gasteiger partial charge on any atom is -0.352 e. The summed E-state index contributed by atoms with van der Waals surface area (Å²) in [5.41, 5.74) is 0. The molecule has 0 spiro atoms. The van der Waals surface area contributed by atoms with E-state index >= 15 is 0 Å². The molecule has 0 aromatic rings. The molecule has 1 unspecified atom stereocenters. The number of sulfonamides is 1. The van der Waals surface area contributed by atoms with Gasteiger partial charge in [-0.3, -0.25) is 4.79 Å². The Bertz CT molecular complexity index is 458. The second-order valence-electron chi connectivity index (χ2n) is 6.16. The Kier molecular flexibility index (Phi) is 5.62. The summed E-state index contributed by atoms with van der Waals surface area (Å²) in [4.78, 5) is 14.8. The summed E-state index contributed by atoms with van der Waals surface area (Å²) in [6.45, 7) is 5.78. The summed E-state index contributed by atoms with van der Waals surface area (Å²) in [7, 11) is -3.29. The van der Waals surface area contributed by atoms with Gasteiger partial charge in [0, 0.05) is 25.7 Å². The van der Waals surface area contributed by atoms with Crippen molar-refractivity contribution in [3.05, 3.63) is 0 Å². The molecule has 0 saturated carbocycles. The third kappa shape index (κ3) is 4.40. The molecule has 21 heavy (non-hydrogen) atoms. The predicted molar refractivity (Wildman–Crippen MR) is 82.5 cm³/mol. The standard InChI is InChI=1S/C14H27N3O3S/c1-3-8-16-10-6-12(7-11-16)15-14(18)13-5-4-9-17(13)21(2,19)20/h12-13H,3-11H2,1-2H3,(H,15,18). The maximum Gasteiger partial charge on any atom is 0.238 e. The summed E-state index contributed by atoms with van der Waals surface area (Å²) in [5.74, 6) is -0.119. The minimum absolute atomic E-state index is 0.119. The third-order valence-electron chi connectivity index (χ3n) is 4.41. The van der Waals surface area contributed by atoms with Crippen molar-refractivity contribution in [2.45, 2.75) is 51.1 Å². The quantitative estimate of drug-likeness (QED) is 0.797. The monoisotopic (exact) mass is 317 g/mol. The van der Waals surface area contributed by atoms with E-state index in [0.29, 0.717) is 13.0 Å². The van der Waals surface area contributed by atoms with Crippen molar-refractivity contribution in [2.75, 3.05) is 32.4 Å².